The molecule has 0 heterocycles. The Morgan fingerprint density at radius 2 is 1.87 bits per heavy atom. The number of hydrogen-bond donors (Lipinski definition) is 1. The van der Waals surface area contributed by atoms with Gasteiger partial charge in [0, 0.05) is 0 Å². The first-order valence-corrected chi connectivity index (χ1v) is 6.61. The molecule has 0 spiro atoms. The lowest BCUT2D eigenvalue weighted by Gasteiger charge is -2.12. The zero-order valence-corrected chi connectivity index (χ0v) is 9.10. The van der Waals surface area contributed by atoms with Crippen molar-refractivity contribution in [3.8, 4) is 0 Å². The Bertz CT molecular complexity index is 348. The minimum atomic E-state index is -5.86. The molecule has 0 aliphatic rings. The summed E-state index contributed by atoms with van der Waals surface area (Å²) >= 11 is 0. The lowest BCUT2D eigenvalue weighted by atomic mass is 10.9. The largest absolute Gasteiger partial charge is 0.523 e. The third kappa shape index (κ3) is 4.94. The van der Waals surface area contributed by atoms with Crippen molar-refractivity contribution in [3.05, 3.63) is 0 Å². The Morgan fingerprint density at radius 3 is 2.20 bits per heavy atom. The summed E-state index contributed by atoms with van der Waals surface area (Å²) in [7, 11) is -10.3. The molecule has 1 N–H and O–H groups in total. The quantitative estimate of drug-likeness (QED) is 0.456. The van der Waals surface area contributed by atoms with Crippen LogP contribution in [0.5, 0.6) is 0 Å². The summed E-state index contributed by atoms with van der Waals surface area (Å²) in [5, 5.41) is 0. The molecule has 0 fully saturated rings. The molecule has 0 rings (SSSR count). The second kappa shape index (κ2) is 4.79. The predicted molar refractivity (Wildman–Crippen MR) is 42.4 cm³/mol. The standard InChI is InChI=1S/C4H8F3O6PS/c1-2-12-14(8,9)3-13-15(10,11)4(5,6)7/h2-3H2,1H3,(H,8,9). The molecule has 6 nitrogen and oxygen atoms in total. The Balaban J connectivity index is 4.48. The first-order valence-electron chi connectivity index (χ1n) is 3.44. The van der Waals surface area contributed by atoms with Gasteiger partial charge in [-0.05, 0) is 6.92 Å². The fraction of sp³-hybridized carbons (Fsp3) is 1.00. The van der Waals surface area contributed by atoms with Crippen LogP contribution in [0.2, 0.25) is 0 Å². The lowest BCUT2D eigenvalue weighted by Crippen LogP contribution is -2.26. The van der Waals surface area contributed by atoms with E-state index < -0.39 is 29.6 Å². The van der Waals surface area contributed by atoms with Crippen molar-refractivity contribution in [3.63, 3.8) is 0 Å². The molecule has 1 unspecified atom stereocenters. The van der Waals surface area contributed by atoms with E-state index in [-0.39, 0.29) is 6.61 Å². The first-order chi connectivity index (χ1) is 6.52. The highest BCUT2D eigenvalue weighted by molar-refractivity contribution is 7.87. The van der Waals surface area contributed by atoms with Crippen LogP contribution in [0.3, 0.4) is 0 Å². The number of halogens is 3. The van der Waals surface area contributed by atoms with Crippen LogP contribution >= 0.6 is 7.60 Å². The molecular weight excluding hydrogens is 264 g/mol. The third-order valence-corrected chi connectivity index (χ3v) is 3.27. The van der Waals surface area contributed by atoms with Crippen LogP contribution < -0.4 is 0 Å². The van der Waals surface area contributed by atoms with Crippen LogP contribution in [0.15, 0.2) is 0 Å². The van der Waals surface area contributed by atoms with Gasteiger partial charge in [0.05, 0.1) is 6.61 Å². The number of hydrogen-bond acceptors (Lipinski definition) is 5. The minimum Gasteiger partial charge on any atom is -0.323 e. The van der Waals surface area contributed by atoms with E-state index in [0.717, 1.165) is 0 Å². The molecule has 0 aliphatic heterocycles. The van der Waals surface area contributed by atoms with Crippen LogP contribution in [0.1, 0.15) is 6.92 Å². The molecule has 0 radical (unpaired) electrons. The molecule has 0 saturated heterocycles. The molecule has 0 aromatic heterocycles. The Hall–Kier alpha value is -0.150. The van der Waals surface area contributed by atoms with E-state index in [4.69, 9.17) is 4.89 Å². The van der Waals surface area contributed by atoms with Gasteiger partial charge in [0.1, 0.15) is 0 Å². The molecule has 0 aliphatic carbocycles. The molecule has 92 valence electrons. The van der Waals surface area contributed by atoms with E-state index >= 15 is 0 Å². The van der Waals surface area contributed by atoms with E-state index in [9.17, 15) is 26.2 Å². The number of rotatable bonds is 5. The van der Waals surface area contributed by atoms with Crippen LogP contribution in [-0.4, -0.2) is 31.8 Å². The molecular formula is C4H8F3O6PS. The van der Waals surface area contributed by atoms with E-state index in [2.05, 4.69) is 8.71 Å². The topological polar surface area (TPSA) is 89.9 Å². The van der Waals surface area contributed by atoms with Crippen molar-refractivity contribution in [2.75, 3.05) is 13.0 Å². The summed E-state index contributed by atoms with van der Waals surface area (Å²) in [5.41, 5.74) is -5.63. The number of alkyl halides is 3. The molecule has 0 bridgehead atoms. The predicted octanol–water partition coefficient (Wildman–Crippen LogP) is 1.03. The SMILES string of the molecule is CCOP(=O)(O)COS(=O)(=O)C(F)(F)F. The van der Waals surface area contributed by atoms with Crippen molar-refractivity contribution in [2.24, 2.45) is 0 Å². The van der Waals surface area contributed by atoms with Crippen molar-refractivity contribution in [1.82, 2.24) is 0 Å². The zero-order valence-electron chi connectivity index (χ0n) is 7.39. The van der Waals surface area contributed by atoms with Crippen molar-refractivity contribution in [2.45, 2.75) is 12.4 Å². The van der Waals surface area contributed by atoms with Gasteiger partial charge in [-0.1, -0.05) is 0 Å². The smallest absolute Gasteiger partial charge is 0.323 e. The monoisotopic (exact) mass is 272 g/mol. The van der Waals surface area contributed by atoms with Gasteiger partial charge in [-0.15, -0.1) is 0 Å². The van der Waals surface area contributed by atoms with Gasteiger partial charge in [0.15, 0.2) is 6.35 Å². The van der Waals surface area contributed by atoms with Crippen LogP contribution in [0.25, 0.3) is 0 Å². The van der Waals surface area contributed by atoms with E-state index in [0.29, 0.717) is 0 Å². The Labute approximate surface area is 83.6 Å². The average molecular weight is 272 g/mol. The fourth-order valence-corrected chi connectivity index (χ4v) is 2.14. The third-order valence-electron chi connectivity index (χ3n) is 0.985. The van der Waals surface area contributed by atoms with Gasteiger partial charge in [0.2, 0.25) is 0 Å². The summed E-state index contributed by atoms with van der Waals surface area (Å²) in [4.78, 5) is 8.72. The van der Waals surface area contributed by atoms with Gasteiger partial charge < -0.3 is 9.42 Å². The fourth-order valence-electron chi connectivity index (χ4n) is 0.442. The second-order valence-corrected chi connectivity index (χ2v) is 5.60. The second-order valence-electron chi connectivity index (χ2n) is 2.20. The molecule has 0 amide bonds. The van der Waals surface area contributed by atoms with Gasteiger partial charge in [0.25, 0.3) is 0 Å². The molecule has 1 atom stereocenters. The van der Waals surface area contributed by atoms with E-state index in [1.165, 1.54) is 6.92 Å². The van der Waals surface area contributed by atoms with Gasteiger partial charge in [-0.25, -0.2) is 0 Å². The van der Waals surface area contributed by atoms with Gasteiger partial charge >= 0.3 is 23.2 Å². The van der Waals surface area contributed by atoms with Crippen molar-refractivity contribution in [1.29, 1.82) is 0 Å². The summed E-state index contributed by atoms with van der Waals surface area (Å²) in [5.74, 6) is 0. The Morgan fingerprint density at radius 1 is 1.40 bits per heavy atom. The van der Waals surface area contributed by atoms with E-state index in [1.54, 1.807) is 0 Å². The molecule has 11 heteroatoms. The van der Waals surface area contributed by atoms with Crippen molar-refractivity contribution >= 4 is 17.7 Å². The summed E-state index contributed by atoms with van der Waals surface area (Å²) in [6.07, 6.45) is -1.57. The van der Waals surface area contributed by atoms with Crippen LogP contribution in [-0.2, 0) is 23.4 Å². The molecule has 15 heavy (non-hydrogen) atoms. The summed E-state index contributed by atoms with van der Waals surface area (Å²) < 4.78 is 73.7. The van der Waals surface area contributed by atoms with Gasteiger partial charge in [-0.3, -0.25) is 8.75 Å². The maximum Gasteiger partial charge on any atom is 0.523 e. The maximum absolute atomic E-state index is 11.7. The normalized spacial score (nSPS) is 17.4. The van der Waals surface area contributed by atoms with Gasteiger partial charge in [-0.2, -0.15) is 21.6 Å². The highest BCUT2D eigenvalue weighted by atomic mass is 32.2. The van der Waals surface area contributed by atoms with Crippen LogP contribution in [0.4, 0.5) is 13.2 Å². The van der Waals surface area contributed by atoms with E-state index in [1.807, 2.05) is 0 Å². The highest BCUT2D eigenvalue weighted by Gasteiger charge is 2.48. The van der Waals surface area contributed by atoms with Crippen LogP contribution in [0, 0.1) is 0 Å². The summed E-state index contributed by atoms with van der Waals surface area (Å²) in [6.45, 7) is 1.05. The van der Waals surface area contributed by atoms with Crippen molar-refractivity contribution < 1.29 is 39.8 Å². The molecule has 0 aromatic rings. The Kier molecular flexibility index (Phi) is 4.74. The summed E-state index contributed by atoms with van der Waals surface area (Å²) in [6, 6.07) is 0. The average Bonchev–Trinajstić information content (AvgIpc) is 1.99. The molecule has 0 saturated carbocycles. The lowest BCUT2D eigenvalue weighted by molar-refractivity contribution is -0.0533. The molecule has 0 aromatic carbocycles. The minimum absolute atomic E-state index is 0.261. The zero-order chi connectivity index (χ0) is 12.3. The first kappa shape index (κ1) is 14.8. The highest BCUT2D eigenvalue weighted by Crippen LogP contribution is 2.42. The maximum atomic E-state index is 11.7.